The lowest BCUT2D eigenvalue weighted by molar-refractivity contribution is 0.0696. The Morgan fingerprint density at radius 3 is 2.25 bits per heavy atom. The smallest absolute Gasteiger partial charge is 0.338 e. The molecule has 4 aromatic rings. The Labute approximate surface area is 187 Å². The number of carboxylic acid groups (broad SMARTS) is 1. The van der Waals surface area contributed by atoms with Crippen molar-refractivity contribution in [2.75, 3.05) is 5.32 Å². The van der Waals surface area contributed by atoms with E-state index in [1.165, 1.54) is 0 Å². The zero-order chi connectivity index (χ0) is 22.5. The highest BCUT2D eigenvalue weighted by atomic mass is 16.4. The maximum absolute atomic E-state index is 12.2. The third kappa shape index (κ3) is 4.39. The predicted octanol–water partition coefficient (Wildman–Crippen LogP) is 5.56. The molecule has 32 heavy (non-hydrogen) atoms. The molecule has 0 aliphatic heterocycles. The zero-order valence-electron chi connectivity index (χ0n) is 18.2. The first-order valence-corrected chi connectivity index (χ1v) is 10.7. The molecule has 0 aliphatic rings. The topological polar surface area (TPSA) is 80.0 Å². The van der Waals surface area contributed by atoms with Gasteiger partial charge in [0.1, 0.15) is 0 Å². The molecule has 0 amide bonds. The lowest BCUT2D eigenvalue weighted by Gasteiger charge is -2.20. The predicted molar refractivity (Wildman–Crippen MR) is 126 cm³/mol. The van der Waals surface area contributed by atoms with Gasteiger partial charge in [0.25, 0.3) is 0 Å². The molecule has 0 saturated carbocycles. The summed E-state index contributed by atoms with van der Waals surface area (Å²) in [6.07, 6.45) is 10.4. The van der Waals surface area contributed by atoms with E-state index in [2.05, 4.69) is 41.3 Å². The number of hydrogen-bond donors (Lipinski definition) is 2. The number of nitrogens with one attached hydrogen (secondary N) is 1. The number of anilines is 2. The molecule has 2 heterocycles. The first-order valence-electron chi connectivity index (χ1n) is 10.7. The molecule has 0 radical (unpaired) electrons. The number of carbonyl (C=O) groups is 1. The summed E-state index contributed by atoms with van der Waals surface area (Å²) in [5, 5.41) is 13.5. The molecule has 6 nitrogen and oxygen atoms in total. The zero-order valence-corrected chi connectivity index (χ0v) is 18.2. The standard InChI is InChI=1S/C26H26N4O2/c1-3-18-14-22(20-8-10-27-11-9-20)15-19(4-2)25(18)29-23-7-5-6-21(24(23)26(31)32)16-30-13-12-28-17-30/h5-15,17,29H,3-4,16H2,1-2H3,(H,31,32). The second kappa shape index (κ2) is 9.47. The molecule has 2 N–H and O–H groups in total. The molecular weight excluding hydrogens is 400 g/mol. The van der Waals surface area contributed by atoms with Crippen LogP contribution in [0.15, 0.2) is 73.6 Å². The molecule has 6 heteroatoms. The van der Waals surface area contributed by atoms with Crippen LogP contribution >= 0.6 is 0 Å². The van der Waals surface area contributed by atoms with Gasteiger partial charge in [0.2, 0.25) is 0 Å². The second-order valence-corrected chi connectivity index (χ2v) is 7.62. The minimum absolute atomic E-state index is 0.281. The first-order chi connectivity index (χ1) is 15.6. The van der Waals surface area contributed by atoms with Gasteiger partial charge in [-0.3, -0.25) is 4.98 Å². The van der Waals surface area contributed by atoms with Gasteiger partial charge in [0.05, 0.1) is 17.6 Å². The van der Waals surface area contributed by atoms with Gasteiger partial charge in [0, 0.05) is 37.0 Å². The van der Waals surface area contributed by atoms with Crippen molar-refractivity contribution in [3.05, 3.63) is 95.8 Å². The van der Waals surface area contributed by atoms with E-state index >= 15 is 0 Å². The highest BCUT2D eigenvalue weighted by Crippen LogP contribution is 2.34. The lowest BCUT2D eigenvalue weighted by Crippen LogP contribution is -2.11. The molecule has 2 aromatic heterocycles. The highest BCUT2D eigenvalue weighted by molar-refractivity contribution is 5.97. The van der Waals surface area contributed by atoms with E-state index in [1.54, 1.807) is 24.9 Å². The molecule has 0 fully saturated rings. The minimum Gasteiger partial charge on any atom is -0.478 e. The van der Waals surface area contributed by atoms with Crippen molar-refractivity contribution in [2.24, 2.45) is 0 Å². The monoisotopic (exact) mass is 426 g/mol. The fourth-order valence-corrected chi connectivity index (χ4v) is 4.00. The Bertz CT molecular complexity index is 1190. The Morgan fingerprint density at radius 2 is 1.66 bits per heavy atom. The van der Waals surface area contributed by atoms with E-state index in [0.717, 1.165) is 46.3 Å². The van der Waals surface area contributed by atoms with E-state index < -0.39 is 5.97 Å². The fraction of sp³-hybridized carbons (Fsp3) is 0.192. The summed E-state index contributed by atoms with van der Waals surface area (Å²) in [6.45, 7) is 4.67. The van der Waals surface area contributed by atoms with Crippen LogP contribution in [0.1, 0.15) is 40.9 Å². The number of carboxylic acids is 1. The fourth-order valence-electron chi connectivity index (χ4n) is 4.00. The van der Waals surface area contributed by atoms with Crippen molar-refractivity contribution < 1.29 is 9.90 Å². The molecule has 0 saturated heterocycles. The molecule has 2 aromatic carbocycles. The van der Waals surface area contributed by atoms with E-state index in [-0.39, 0.29) is 5.56 Å². The van der Waals surface area contributed by atoms with Gasteiger partial charge in [-0.1, -0.05) is 26.0 Å². The Kier molecular flexibility index (Phi) is 6.31. The van der Waals surface area contributed by atoms with Gasteiger partial charge in [-0.25, -0.2) is 9.78 Å². The summed E-state index contributed by atoms with van der Waals surface area (Å²) in [5.41, 5.74) is 7.13. The third-order valence-electron chi connectivity index (χ3n) is 5.61. The number of aromatic carboxylic acids is 1. The molecule has 0 spiro atoms. The lowest BCUT2D eigenvalue weighted by atomic mass is 9.95. The normalized spacial score (nSPS) is 10.8. The number of aromatic nitrogens is 3. The van der Waals surface area contributed by atoms with Crippen molar-refractivity contribution in [3.8, 4) is 11.1 Å². The summed E-state index contributed by atoms with van der Waals surface area (Å²) in [6, 6.07) is 13.9. The number of rotatable bonds is 8. The molecule has 0 bridgehead atoms. The molecule has 0 aliphatic carbocycles. The van der Waals surface area contributed by atoms with Crippen molar-refractivity contribution in [2.45, 2.75) is 33.2 Å². The van der Waals surface area contributed by atoms with Crippen LogP contribution in [0.5, 0.6) is 0 Å². The van der Waals surface area contributed by atoms with Crippen molar-refractivity contribution >= 4 is 17.3 Å². The van der Waals surface area contributed by atoms with Crippen LogP contribution in [0, 0.1) is 0 Å². The Hall–Kier alpha value is -3.93. The van der Waals surface area contributed by atoms with E-state index in [0.29, 0.717) is 12.2 Å². The highest BCUT2D eigenvalue weighted by Gasteiger charge is 2.18. The second-order valence-electron chi connectivity index (χ2n) is 7.62. The molecule has 0 atom stereocenters. The van der Waals surface area contributed by atoms with E-state index in [9.17, 15) is 9.90 Å². The van der Waals surface area contributed by atoms with Crippen molar-refractivity contribution in [1.29, 1.82) is 0 Å². The number of aryl methyl sites for hydroxylation is 2. The van der Waals surface area contributed by atoms with Gasteiger partial charge < -0.3 is 15.0 Å². The van der Waals surface area contributed by atoms with E-state index in [1.807, 2.05) is 41.1 Å². The largest absolute Gasteiger partial charge is 0.478 e. The number of pyridine rings is 1. The van der Waals surface area contributed by atoms with Crippen LogP contribution in [-0.2, 0) is 19.4 Å². The summed E-state index contributed by atoms with van der Waals surface area (Å²) in [7, 11) is 0. The summed E-state index contributed by atoms with van der Waals surface area (Å²) in [4.78, 5) is 20.4. The SMILES string of the molecule is CCc1cc(-c2ccncc2)cc(CC)c1Nc1cccc(Cn2ccnc2)c1C(=O)O. The van der Waals surface area contributed by atoms with Crippen LogP contribution in [0.2, 0.25) is 0 Å². The van der Waals surface area contributed by atoms with Gasteiger partial charge in [-0.05, 0) is 71.0 Å². The number of hydrogen-bond acceptors (Lipinski definition) is 4. The minimum atomic E-state index is -0.951. The van der Waals surface area contributed by atoms with Crippen molar-refractivity contribution in [3.63, 3.8) is 0 Å². The first kappa shape index (κ1) is 21.3. The summed E-state index contributed by atoms with van der Waals surface area (Å²) >= 11 is 0. The number of imidazole rings is 1. The quantitative estimate of drug-likeness (QED) is 0.386. The average Bonchev–Trinajstić information content (AvgIpc) is 3.32. The Morgan fingerprint density at radius 1 is 0.938 bits per heavy atom. The molecule has 0 unspecified atom stereocenters. The van der Waals surface area contributed by atoms with Crippen molar-refractivity contribution in [1.82, 2.24) is 14.5 Å². The van der Waals surface area contributed by atoms with Crippen LogP contribution < -0.4 is 5.32 Å². The number of benzene rings is 2. The van der Waals surface area contributed by atoms with Crippen LogP contribution in [-0.4, -0.2) is 25.6 Å². The van der Waals surface area contributed by atoms with E-state index in [4.69, 9.17) is 0 Å². The molecule has 4 rings (SSSR count). The maximum atomic E-state index is 12.2. The average molecular weight is 427 g/mol. The van der Waals surface area contributed by atoms with Gasteiger partial charge in [0.15, 0.2) is 0 Å². The van der Waals surface area contributed by atoms with Crippen LogP contribution in [0.25, 0.3) is 11.1 Å². The van der Waals surface area contributed by atoms with Gasteiger partial charge in [-0.2, -0.15) is 0 Å². The van der Waals surface area contributed by atoms with Gasteiger partial charge >= 0.3 is 5.97 Å². The maximum Gasteiger partial charge on any atom is 0.338 e. The van der Waals surface area contributed by atoms with Gasteiger partial charge in [-0.15, -0.1) is 0 Å². The molecular formula is C26H26N4O2. The summed E-state index contributed by atoms with van der Waals surface area (Å²) < 4.78 is 1.87. The van der Waals surface area contributed by atoms with Crippen LogP contribution in [0.4, 0.5) is 11.4 Å². The third-order valence-corrected chi connectivity index (χ3v) is 5.61. The summed E-state index contributed by atoms with van der Waals surface area (Å²) in [5.74, 6) is -0.951. The Balaban J connectivity index is 1.77. The van der Waals surface area contributed by atoms with Crippen LogP contribution in [0.3, 0.4) is 0 Å². The number of nitrogens with zero attached hydrogens (tertiary/aromatic N) is 3. The molecule has 162 valence electrons.